The predicted molar refractivity (Wildman–Crippen MR) is 101 cm³/mol. The minimum absolute atomic E-state index is 0.0769. The van der Waals surface area contributed by atoms with E-state index in [2.05, 4.69) is 26.8 Å². The maximum Gasteiger partial charge on any atom is 0.178 e. The predicted octanol–water partition coefficient (Wildman–Crippen LogP) is 4.25. The molecule has 3 unspecified atom stereocenters. The maximum absolute atomic E-state index is 12.9. The zero-order valence-corrected chi connectivity index (χ0v) is 16.5. The van der Waals surface area contributed by atoms with Gasteiger partial charge in [-0.3, -0.25) is 9.59 Å². The average Bonchev–Trinajstić information content (AvgIpc) is 2.86. The van der Waals surface area contributed by atoms with Gasteiger partial charge >= 0.3 is 0 Å². The molecule has 3 nitrogen and oxygen atoms in total. The van der Waals surface area contributed by atoms with Gasteiger partial charge in [0.1, 0.15) is 5.78 Å². The maximum atomic E-state index is 12.9. The molecule has 0 aromatic heterocycles. The third kappa shape index (κ3) is 2.10. The molecule has 4 rings (SSSR count). The molecule has 142 valence electrons. The molecule has 4 aliphatic carbocycles. The van der Waals surface area contributed by atoms with E-state index in [-0.39, 0.29) is 27.9 Å². The Labute approximate surface area is 156 Å². The van der Waals surface area contributed by atoms with E-state index in [9.17, 15) is 14.7 Å². The number of allylic oxidation sites excluding steroid dienone is 4. The molecule has 1 N–H and O–H groups in total. The van der Waals surface area contributed by atoms with E-state index < -0.39 is 6.10 Å². The fourth-order valence-electron chi connectivity index (χ4n) is 7.42. The third-order valence-corrected chi connectivity index (χ3v) is 9.04. The summed E-state index contributed by atoms with van der Waals surface area (Å²) in [6, 6.07) is 0. The molecule has 0 aliphatic heterocycles. The first-order chi connectivity index (χ1) is 12.2. The summed E-state index contributed by atoms with van der Waals surface area (Å²) in [7, 11) is 0. The van der Waals surface area contributed by atoms with Crippen LogP contribution in [0.1, 0.15) is 66.2 Å². The van der Waals surface area contributed by atoms with Crippen LogP contribution in [0.15, 0.2) is 23.8 Å². The highest BCUT2D eigenvalue weighted by atomic mass is 16.3. The lowest BCUT2D eigenvalue weighted by atomic mass is 9.45. The van der Waals surface area contributed by atoms with E-state index in [1.165, 1.54) is 5.57 Å². The van der Waals surface area contributed by atoms with Crippen LogP contribution in [0.5, 0.6) is 0 Å². The van der Waals surface area contributed by atoms with Crippen molar-refractivity contribution in [2.45, 2.75) is 72.3 Å². The summed E-state index contributed by atoms with van der Waals surface area (Å²) in [5.74, 6) is 1.51. The second kappa shape index (κ2) is 5.64. The summed E-state index contributed by atoms with van der Waals surface area (Å²) < 4.78 is 0. The number of rotatable bonds is 2. The van der Waals surface area contributed by atoms with Crippen molar-refractivity contribution in [2.24, 2.45) is 34.0 Å². The Bertz CT molecular complexity index is 719. The standard InChI is InChI=1S/C23H32O3/c1-5-19(26)22(3)11-9-17-16-7-6-14-12-15(24)8-10-21(14,2)20(16)18(25)13-23(17,22)4/h8,10,12,16-18,20,25H,5-7,9,11,13H2,1-4H3/t16-,17?,18?,20?,21-,22+,23-/m0/s1. The smallest absolute Gasteiger partial charge is 0.178 e. The molecule has 0 bridgehead atoms. The van der Waals surface area contributed by atoms with Crippen molar-refractivity contribution >= 4 is 11.6 Å². The molecular formula is C23H32O3. The fraction of sp³-hybridized carbons (Fsp3) is 0.739. The van der Waals surface area contributed by atoms with Crippen LogP contribution in [-0.2, 0) is 9.59 Å². The molecule has 0 aromatic carbocycles. The van der Waals surface area contributed by atoms with Crippen molar-refractivity contribution in [3.63, 3.8) is 0 Å². The van der Waals surface area contributed by atoms with E-state index >= 15 is 0 Å². The molecule has 0 saturated heterocycles. The molecule has 0 spiro atoms. The van der Waals surface area contributed by atoms with E-state index in [1.807, 2.05) is 6.92 Å². The largest absolute Gasteiger partial charge is 0.393 e. The molecule has 0 amide bonds. The van der Waals surface area contributed by atoms with Gasteiger partial charge in [-0.25, -0.2) is 0 Å². The molecular weight excluding hydrogens is 324 g/mol. The minimum atomic E-state index is -0.421. The van der Waals surface area contributed by atoms with Gasteiger partial charge in [-0.1, -0.05) is 39.3 Å². The van der Waals surface area contributed by atoms with E-state index in [0.29, 0.717) is 30.5 Å². The summed E-state index contributed by atoms with van der Waals surface area (Å²) >= 11 is 0. The molecule has 3 fully saturated rings. The molecule has 26 heavy (non-hydrogen) atoms. The van der Waals surface area contributed by atoms with Crippen LogP contribution in [0, 0.1) is 34.0 Å². The molecule has 7 atom stereocenters. The Hall–Kier alpha value is -1.22. The topological polar surface area (TPSA) is 54.4 Å². The molecule has 3 heteroatoms. The van der Waals surface area contributed by atoms with E-state index in [1.54, 1.807) is 12.2 Å². The van der Waals surface area contributed by atoms with Gasteiger partial charge in [-0.15, -0.1) is 0 Å². The van der Waals surface area contributed by atoms with Gasteiger partial charge in [0, 0.05) is 23.2 Å². The SMILES string of the molecule is CCC(=O)[C@@]1(C)CCC2[C@@H]3CCC4=CC(=O)C=C[C@]4(C)C3C(O)C[C@@]21C. The lowest BCUT2D eigenvalue weighted by molar-refractivity contribution is -0.153. The Morgan fingerprint density at radius 1 is 1.27 bits per heavy atom. The van der Waals surface area contributed by atoms with Gasteiger partial charge in [-0.05, 0) is 61.5 Å². The van der Waals surface area contributed by atoms with Gasteiger partial charge < -0.3 is 5.11 Å². The van der Waals surface area contributed by atoms with Crippen molar-refractivity contribution in [1.82, 2.24) is 0 Å². The van der Waals surface area contributed by atoms with Crippen molar-refractivity contribution in [1.29, 1.82) is 0 Å². The van der Waals surface area contributed by atoms with Crippen LogP contribution in [0.3, 0.4) is 0 Å². The van der Waals surface area contributed by atoms with Crippen molar-refractivity contribution < 1.29 is 14.7 Å². The second-order valence-electron chi connectivity index (χ2n) is 9.86. The number of aliphatic hydroxyl groups is 1. The summed E-state index contributed by atoms with van der Waals surface area (Å²) in [5, 5.41) is 11.3. The van der Waals surface area contributed by atoms with Crippen LogP contribution in [0.4, 0.5) is 0 Å². The van der Waals surface area contributed by atoms with Crippen molar-refractivity contribution in [3.05, 3.63) is 23.8 Å². The number of hydrogen-bond acceptors (Lipinski definition) is 3. The number of hydrogen-bond donors (Lipinski definition) is 1. The van der Waals surface area contributed by atoms with Gasteiger partial charge in [0.15, 0.2) is 5.78 Å². The highest BCUT2D eigenvalue weighted by Gasteiger charge is 2.66. The second-order valence-corrected chi connectivity index (χ2v) is 9.86. The van der Waals surface area contributed by atoms with Crippen LogP contribution >= 0.6 is 0 Å². The summed E-state index contributed by atoms with van der Waals surface area (Å²) in [4.78, 5) is 24.7. The highest BCUT2D eigenvalue weighted by molar-refractivity contribution is 6.01. The number of carbonyl (C=O) groups is 2. The number of Topliss-reactive ketones (excluding diaryl/α,β-unsaturated/α-hetero) is 1. The monoisotopic (exact) mass is 356 g/mol. The van der Waals surface area contributed by atoms with Crippen LogP contribution < -0.4 is 0 Å². The molecule has 4 aliphatic rings. The Kier molecular flexibility index (Phi) is 3.94. The molecule has 0 aromatic rings. The first-order valence-corrected chi connectivity index (χ1v) is 10.3. The molecule has 3 saturated carbocycles. The minimum Gasteiger partial charge on any atom is -0.393 e. The summed E-state index contributed by atoms with van der Waals surface area (Å²) in [6.45, 7) is 8.59. The quantitative estimate of drug-likeness (QED) is 0.805. The van der Waals surface area contributed by atoms with Gasteiger partial charge in [-0.2, -0.15) is 0 Å². The number of aliphatic hydroxyl groups excluding tert-OH is 1. The van der Waals surface area contributed by atoms with Gasteiger partial charge in [0.25, 0.3) is 0 Å². The zero-order chi connectivity index (χ0) is 18.9. The van der Waals surface area contributed by atoms with Crippen molar-refractivity contribution in [2.75, 3.05) is 0 Å². The average molecular weight is 357 g/mol. The fourth-order valence-corrected chi connectivity index (χ4v) is 7.42. The normalized spacial score (nSPS) is 49.9. The highest BCUT2D eigenvalue weighted by Crippen LogP contribution is 2.69. The van der Waals surface area contributed by atoms with Crippen LogP contribution in [-0.4, -0.2) is 22.8 Å². The van der Waals surface area contributed by atoms with Gasteiger partial charge in [0.2, 0.25) is 0 Å². The number of fused-ring (bicyclic) bond motifs is 5. The lowest BCUT2D eigenvalue weighted by Gasteiger charge is -2.60. The number of carbonyl (C=O) groups excluding carboxylic acids is 2. The summed E-state index contributed by atoms with van der Waals surface area (Å²) in [5.41, 5.74) is 0.547. The molecule has 0 heterocycles. The molecule has 0 radical (unpaired) electrons. The lowest BCUT2D eigenvalue weighted by Crippen LogP contribution is -2.58. The third-order valence-electron chi connectivity index (χ3n) is 9.04. The Balaban J connectivity index is 1.75. The first-order valence-electron chi connectivity index (χ1n) is 10.3. The Morgan fingerprint density at radius 3 is 2.69 bits per heavy atom. The van der Waals surface area contributed by atoms with Crippen LogP contribution in [0.25, 0.3) is 0 Å². The number of ketones is 2. The zero-order valence-electron chi connectivity index (χ0n) is 16.5. The Morgan fingerprint density at radius 2 is 2.00 bits per heavy atom. The first kappa shape index (κ1) is 18.2. The van der Waals surface area contributed by atoms with E-state index in [4.69, 9.17) is 0 Å². The van der Waals surface area contributed by atoms with Crippen LogP contribution in [0.2, 0.25) is 0 Å². The van der Waals surface area contributed by atoms with E-state index in [0.717, 1.165) is 25.7 Å². The van der Waals surface area contributed by atoms with Gasteiger partial charge in [0.05, 0.1) is 6.10 Å². The summed E-state index contributed by atoms with van der Waals surface area (Å²) in [6.07, 6.45) is 10.4. The van der Waals surface area contributed by atoms with Crippen molar-refractivity contribution in [3.8, 4) is 0 Å².